The summed E-state index contributed by atoms with van der Waals surface area (Å²) in [5, 5.41) is 14.1. The molecular formula is C13H18ClN3O4. The zero-order chi connectivity index (χ0) is 16.0. The van der Waals surface area contributed by atoms with Gasteiger partial charge in [0.2, 0.25) is 11.7 Å². The van der Waals surface area contributed by atoms with Crippen molar-refractivity contribution in [3.63, 3.8) is 0 Å². The molecule has 1 rings (SSSR count). The van der Waals surface area contributed by atoms with Crippen molar-refractivity contribution in [1.29, 1.82) is 0 Å². The lowest BCUT2D eigenvalue weighted by molar-refractivity contribution is -0.385. The lowest BCUT2D eigenvalue weighted by Gasteiger charge is -2.18. The van der Waals surface area contributed by atoms with Crippen molar-refractivity contribution in [2.75, 3.05) is 6.61 Å². The van der Waals surface area contributed by atoms with Crippen LogP contribution in [0.5, 0.6) is 5.75 Å². The first-order valence-electron chi connectivity index (χ1n) is 6.44. The molecule has 0 fully saturated rings. The molecule has 7 nitrogen and oxygen atoms in total. The zero-order valence-corrected chi connectivity index (χ0v) is 12.6. The van der Waals surface area contributed by atoms with Gasteiger partial charge in [-0.2, -0.15) is 0 Å². The molecule has 1 amide bonds. The Labute approximate surface area is 127 Å². The first kappa shape index (κ1) is 17.2. The van der Waals surface area contributed by atoms with Crippen molar-refractivity contribution < 1.29 is 14.5 Å². The highest BCUT2D eigenvalue weighted by molar-refractivity contribution is 6.32. The van der Waals surface area contributed by atoms with Gasteiger partial charge >= 0.3 is 5.69 Å². The van der Waals surface area contributed by atoms with Gasteiger partial charge in [0.15, 0.2) is 0 Å². The number of para-hydroxylation sites is 1. The van der Waals surface area contributed by atoms with Crippen molar-refractivity contribution >= 4 is 23.2 Å². The third kappa shape index (κ3) is 5.20. The maximum Gasteiger partial charge on any atom is 0.312 e. The number of amides is 1. The van der Waals surface area contributed by atoms with Gasteiger partial charge in [-0.15, -0.1) is 0 Å². The summed E-state index contributed by atoms with van der Waals surface area (Å²) < 4.78 is 5.37. The van der Waals surface area contributed by atoms with Crippen LogP contribution < -0.4 is 15.8 Å². The standard InChI is InChI=1S/C13H18ClN3O4/c1-8(2)16-10(13(15)18)6-7-21-12-9(14)4-3-5-11(12)17(19)20/h3-5,8,10,16H,6-7H2,1-2H3,(H2,15,18). The number of primary amides is 1. The monoisotopic (exact) mass is 315 g/mol. The van der Waals surface area contributed by atoms with E-state index >= 15 is 0 Å². The van der Waals surface area contributed by atoms with Gasteiger partial charge in [-0.25, -0.2) is 0 Å². The second kappa shape index (κ2) is 7.80. The number of nitro groups is 1. The molecule has 8 heteroatoms. The Morgan fingerprint density at radius 2 is 2.19 bits per heavy atom. The Hall–Kier alpha value is -1.86. The fourth-order valence-electron chi connectivity index (χ4n) is 1.77. The highest BCUT2D eigenvalue weighted by Crippen LogP contribution is 2.34. The first-order valence-corrected chi connectivity index (χ1v) is 6.81. The Balaban J connectivity index is 2.71. The molecule has 3 N–H and O–H groups in total. The largest absolute Gasteiger partial charge is 0.486 e. The summed E-state index contributed by atoms with van der Waals surface area (Å²) in [7, 11) is 0. The van der Waals surface area contributed by atoms with E-state index in [1.807, 2.05) is 13.8 Å². The molecule has 0 bridgehead atoms. The number of benzene rings is 1. The van der Waals surface area contributed by atoms with Gasteiger partial charge in [-0.1, -0.05) is 31.5 Å². The summed E-state index contributed by atoms with van der Waals surface area (Å²) in [6.07, 6.45) is 0.288. The Morgan fingerprint density at radius 1 is 1.52 bits per heavy atom. The van der Waals surface area contributed by atoms with Crippen LogP contribution in [-0.2, 0) is 4.79 Å². The smallest absolute Gasteiger partial charge is 0.312 e. The number of carbonyl (C=O) groups is 1. The van der Waals surface area contributed by atoms with Crippen LogP contribution in [0.2, 0.25) is 5.02 Å². The van der Waals surface area contributed by atoms with Crippen molar-refractivity contribution in [2.45, 2.75) is 32.4 Å². The maximum absolute atomic E-state index is 11.3. The third-order valence-corrected chi connectivity index (χ3v) is 2.97. The van der Waals surface area contributed by atoms with Crippen LogP contribution in [-0.4, -0.2) is 29.5 Å². The number of nitro benzene ring substituents is 1. The van der Waals surface area contributed by atoms with E-state index in [4.69, 9.17) is 22.1 Å². The van der Waals surface area contributed by atoms with Crippen molar-refractivity contribution in [1.82, 2.24) is 5.32 Å². The average Bonchev–Trinajstić information content (AvgIpc) is 2.38. The Morgan fingerprint density at radius 3 is 2.71 bits per heavy atom. The molecule has 0 saturated heterocycles. The molecule has 0 aromatic heterocycles. The zero-order valence-electron chi connectivity index (χ0n) is 11.8. The summed E-state index contributed by atoms with van der Waals surface area (Å²) >= 11 is 5.90. The van der Waals surface area contributed by atoms with E-state index in [1.165, 1.54) is 18.2 Å². The summed E-state index contributed by atoms with van der Waals surface area (Å²) in [6.45, 7) is 3.85. The number of ether oxygens (including phenoxy) is 1. The van der Waals surface area contributed by atoms with Gasteiger partial charge < -0.3 is 15.8 Å². The molecule has 0 saturated carbocycles. The molecule has 1 atom stereocenters. The molecule has 0 aliphatic carbocycles. The average molecular weight is 316 g/mol. The van der Waals surface area contributed by atoms with Gasteiger partial charge in [-0.05, 0) is 6.07 Å². The molecule has 0 aliphatic heterocycles. The van der Waals surface area contributed by atoms with Crippen LogP contribution in [0, 0.1) is 10.1 Å². The lowest BCUT2D eigenvalue weighted by atomic mass is 10.2. The second-order valence-corrected chi connectivity index (χ2v) is 5.17. The summed E-state index contributed by atoms with van der Waals surface area (Å²) in [5.74, 6) is -0.502. The van der Waals surface area contributed by atoms with Gasteiger partial charge in [0.1, 0.15) is 0 Å². The second-order valence-electron chi connectivity index (χ2n) is 4.76. The van der Waals surface area contributed by atoms with E-state index < -0.39 is 16.9 Å². The van der Waals surface area contributed by atoms with Gasteiger partial charge in [0.25, 0.3) is 0 Å². The summed E-state index contributed by atoms with van der Waals surface area (Å²) in [6, 6.07) is 3.80. The van der Waals surface area contributed by atoms with Crippen LogP contribution >= 0.6 is 11.6 Å². The van der Waals surface area contributed by atoms with E-state index in [-0.39, 0.29) is 35.5 Å². The predicted octanol–water partition coefficient (Wildman–Crippen LogP) is 1.87. The quantitative estimate of drug-likeness (QED) is 0.562. The Bertz CT molecular complexity index is 522. The molecule has 0 aliphatic rings. The van der Waals surface area contributed by atoms with Crippen LogP contribution in [0.1, 0.15) is 20.3 Å². The SMILES string of the molecule is CC(C)NC(CCOc1c(Cl)cccc1[N+](=O)[O-])C(N)=O. The van der Waals surface area contributed by atoms with Gasteiger partial charge in [0.05, 0.1) is 22.6 Å². The van der Waals surface area contributed by atoms with E-state index in [2.05, 4.69) is 5.32 Å². The third-order valence-electron chi connectivity index (χ3n) is 2.67. The molecule has 0 spiro atoms. The molecule has 116 valence electrons. The minimum Gasteiger partial charge on any atom is -0.486 e. The Kier molecular flexibility index (Phi) is 6.39. The van der Waals surface area contributed by atoms with Crippen molar-refractivity contribution in [3.8, 4) is 5.75 Å². The van der Waals surface area contributed by atoms with Crippen LogP contribution in [0.15, 0.2) is 18.2 Å². The summed E-state index contributed by atoms with van der Waals surface area (Å²) in [5.41, 5.74) is 5.07. The summed E-state index contributed by atoms with van der Waals surface area (Å²) in [4.78, 5) is 21.6. The van der Waals surface area contributed by atoms with E-state index in [9.17, 15) is 14.9 Å². The van der Waals surface area contributed by atoms with Crippen LogP contribution in [0.3, 0.4) is 0 Å². The normalized spacial score (nSPS) is 12.2. The number of carbonyl (C=O) groups excluding carboxylic acids is 1. The molecule has 0 radical (unpaired) electrons. The fourth-order valence-corrected chi connectivity index (χ4v) is 2.00. The van der Waals surface area contributed by atoms with Crippen LogP contribution in [0.4, 0.5) is 5.69 Å². The van der Waals surface area contributed by atoms with Crippen LogP contribution in [0.25, 0.3) is 0 Å². The number of hydrogen-bond acceptors (Lipinski definition) is 5. The minimum atomic E-state index is -0.570. The number of hydrogen-bond donors (Lipinski definition) is 2. The molecule has 0 heterocycles. The number of nitrogens with zero attached hydrogens (tertiary/aromatic N) is 1. The molecular weight excluding hydrogens is 298 g/mol. The molecule has 1 aromatic rings. The van der Waals surface area contributed by atoms with Crippen molar-refractivity contribution in [3.05, 3.63) is 33.3 Å². The van der Waals surface area contributed by atoms with Gasteiger partial charge in [0, 0.05) is 18.5 Å². The minimum absolute atomic E-state index is 0.00284. The molecule has 1 aromatic carbocycles. The number of halogens is 1. The molecule has 1 unspecified atom stereocenters. The van der Waals surface area contributed by atoms with E-state index in [0.717, 1.165) is 0 Å². The predicted molar refractivity (Wildman–Crippen MR) is 79.5 cm³/mol. The first-order chi connectivity index (χ1) is 9.82. The lowest BCUT2D eigenvalue weighted by Crippen LogP contribution is -2.45. The highest BCUT2D eigenvalue weighted by Gasteiger charge is 2.20. The fraction of sp³-hybridized carbons (Fsp3) is 0.462. The van der Waals surface area contributed by atoms with Crippen molar-refractivity contribution in [2.24, 2.45) is 5.73 Å². The number of rotatable bonds is 8. The maximum atomic E-state index is 11.3. The molecule has 21 heavy (non-hydrogen) atoms. The van der Waals surface area contributed by atoms with E-state index in [0.29, 0.717) is 0 Å². The van der Waals surface area contributed by atoms with E-state index in [1.54, 1.807) is 0 Å². The number of nitrogens with one attached hydrogen (secondary N) is 1. The number of nitrogens with two attached hydrogens (primary N) is 1. The topological polar surface area (TPSA) is 107 Å². The highest BCUT2D eigenvalue weighted by atomic mass is 35.5. The van der Waals surface area contributed by atoms with Gasteiger partial charge in [-0.3, -0.25) is 14.9 Å².